The molecule has 0 bridgehead atoms. The summed E-state index contributed by atoms with van der Waals surface area (Å²) in [5.41, 5.74) is 1.71. The number of aromatic nitrogens is 1. The van der Waals surface area contributed by atoms with Crippen molar-refractivity contribution in [3.8, 4) is 11.6 Å². The van der Waals surface area contributed by atoms with Gasteiger partial charge in [0.15, 0.2) is 5.69 Å². The van der Waals surface area contributed by atoms with Gasteiger partial charge in [-0.1, -0.05) is 41.9 Å². The van der Waals surface area contributed by atoms with Crippen LogP contribution >= 0.6 is 11.6 Å². The van der Waals surface area contributed by atoms with Crippen LogP contribution in [0.25, 0.3) is 10.9 Å². The van der Waals surface area contributed by atoms with Crippen molar-refractivity contribution in [3.05, 3.63) is 58.0 Å². The quantitative estimate of drug-likeness (QED) is 0.495. The van der Waals surface area contributed by atoms with Crippen molar-refractivity contribution in [1.29, 1.82) is 0 Å². The van der Waals surface area contributed by atoms with Crippen LogP contribution in [0.3, 0.4) is 0 Å². The lowest BCUT2D eigenvalue weighted by molar-refractivity contribution is 0.296. The van der Waals surface area contributed by atoms with Crippen molar-refractivity contribution < 1.29 is 9.84 Å². The zero-order chi connectivity index (χ0) is 17.1. The summed E-state index contributed by atoms with van der Waals surface area (Å²) in [6, 6.07) is 13.0. The Labute approximate surface area is 144 Å². The highest BCUT2D eigenvalue weighted by molar-refractivity contribution is 6.35. The molecule has 0 saturated carbocycles. The summed E-state index contributed by atoms with van der Waals surface area (Å²) in [4.78, 5) is 11.0. The molecule has 0 aliphatic carbocycles. The number of ether oxygens (including phenoxy) is 1. The number of halogens is 1. The maximum Gasteiger partial charge on any atom is 0.222 e. The summed E-state index contributed by atoms with van der Waals surface area (Å²) in [7, 11) is 0. The average Bonchev–Trinajstić information content (AvgIpc) is 2.85. The number of aromatic hydroxyl groups is 1. The molecule has 3 aromatic rings. The Morgan fingerprint density at radius 2 is 2.00 bits per heavy atom. The van der Waals surface area contributed by atoms with E-state index < -0.39 is 0 Å². The van der Waals surface area contributed by atoms with Crippen molar-refractivity contribution in [2.24, 2.45) is 5.18 Å². The molecule has 1 aromatic heterocycles. The summed E-state index contributed by atoms with van der Waals surface area (Å²) in [6.07, 6.45) is 0.648. The van der Waals surface area contributed by atoms with Crippen LogP contribution in [-0.4, -0.2) is 16.3 Å². The standard InChI is InChI=1S/C18H17ClN2O3/c1-12-6-2-3-9-15(12)24-11-5-10-21-17-13(7-4-8-14(17)19)16(20-23)18(21)22/h2-4,6-9,22H,5,10-11H2,1H3. The molecule has 1 N–H and O–H groups in total. The van der Waals surface area contributed by atoms with Crippen molar-refractivity contribution in [2.45, 2.75) is 19.9 Å². The SMILES string of the molecule is Cc1ccccc1OCCCn1c(O)c(N=O)c2cccc(Cl)c21. The zero-order valence-corrected chi connectivity index (χ0v) is 14.0. The van der Waals surface area contributed by atoms with Crippen LogP contribution in [-0.2, 0) is 6.54 Å². The summed E-state index contributed by atoms with van der Waals surface area (Å²) in [5, 5.41) is 14.2. The smallest absolute Gasteiger partial charge is 0.222 e. The van der Waals surface area contributed by atoms with E-state index in [1.807, 2.05) is 31.2 Å². The lowest BCUT2D eigenvalue weighted by Gasteiger charge is -2.10. The van der Waals surface area contributed by atoms with Gasteiger partial charge in [0.05, 0.1) is 17.1 Å². The van der Waals surface area contributed by atoms with Crippen molar-refractivity contribution in [1.82, 2.24) is 4.57 Å². The molecule has 24 heavy (non-hydrogen) atoms. The monoisotopic (exact) mass is 344 g/mol. The van der Waals surface area contributed by atoms with Gasteiger partial charge in [-0.3, -0.25) is 0 Å². The molecule has 3 rings (SSSR count). The lowest BCUT2D eigenvalue weighted by atomic mass is 10.2. The first-order valence-electron chi connectivity index (χ1n) is 7.65. The Morgan fingerprint density at radius 1 is 1.21 bits per heavy atom. The van der Waals surface area contributed by atoms with Gasteiger partial charge in [-0.2, -0.15) is 0 Å². The van der Waals surface area contributed by atoms with Crippen LogP contribution in [0.1, 0.15) is 12.0 Å². The number of fused-ring (bicyclic) bond motifs is 1. The number of hydrogen-bond donors (Lipinski definition) is 1. The number of rotatable bonds is 6. The fourth-order valence-electron chi connectivity index (χ4n) is 2.77. The Hall–Kier alpha value is -2.53. The van der Waals surface area contributed by atoms with Gasteiger partial charge in [0, 0.05) is 11.9 Å². The highest BCUT2D eigenvalue weighted by Crippen LogP contribution is 2.41. The molecular weight excluding hydrogens is 328 g/mol. The number of hydrogen-bond acceptors (Lipinski definition) is 4. The molecule has 124 valence electrons. The van der Waals surface area contributed by atoms with Gasteiger partial charge in [0.2, 0.25) is 5.88 Å². The largest absolute Gasteiger partial charge is 0.493 e. The Kier molecular flexibility index (Phi) is 4.71. The third-order valence-electron chi connectivity index (χ3n) is 3.95. The van der Waals surface area contributed by atoms with Crippen molar-refractivity contribution in [2.75, 3.05) is 6.61 Å². The molecule has 0 saturated heterocycles. The van der Waals surface area contributed by atoms with E-state index in [1.165, 1.54) is 0 Å². The number of benzene rings is 2. The molecule has 0 amide bonds. The molecule has 0 radical (unpaired) electrons. The first-order valence-corrected chi connectivity index (χ1v) is 8.02. The van der Waals surface area contributed by atoms with Crippen molar-refractivity contribution >= 4 is 28.2 Å². The van der Waals surface area contributed by atoms with Gasteiger partial charge < -0.3 is 14.4 Å². The van der Waals surface area contributed by atoms with E-state index in [4.69, 9.17) is 16.3 Å². The molecule has 0 atom stereocenters. The third-order valence-corrected chi connectivity index (χ3v) is 4.25. The number of nitrogens with zero attached hydrogens (tertiary/aromatic N) is 2. The maximum atomic E-state index is 11.0. The van der Waals surface area contributed by atoms with Gasteiger partial charge in [-0.25, -0.2) is 0 Å². The fraction of sp³-hybridized carbons (Fsp3) is 0.222. The molecule has 0 spiro atoms. The molecule has 1 heterocycles. The summed E-state index contributed by atoms with van der Waals surface area (Å²) in [6.45, 7) is 2.94. The van der Waals surface area contributed by atoms with Crippen LogP contribution in [0.5, 0.6) is 11.6 Å². The molecule has 2 aromatic carbocycles. The molecule has 0 aliphatic heterocycles. The Morgan fingerprint density at radius 3 is 2.75 bits per heavy atom. The minimum atomic E-state index is -0.163. The van der Waals surface area contributed by atoms with Gasteiger partial charge >= 0.3 is 0 Å². The second-order valence-electron chi connectivity index (χ2n) is 5.52. The van der Waals surface area contributed by atoms with Gasteiger partial charge in [-0.05, 0) is 36.2 Å². The van der Waals surface area contributed by atoms with Gasteiger partial charge in [-0.15, -0.1) is 4.91 Å². The molecule has 0 aliphatic rings. The summed E-state index contributed by atoms with van der Waals surface area (Å²) in [5.74, 6) is 0.677. The first kappa shape index (κ1) is 16.3. The summed E-state index contributed by atoms with van der Waals surface area (Å²) >= 11 is 6.23. The molecule has 6 heteroatoms. The highest BCUT2D eigenvalue weighted by Gasteiger charge is 2.19. The first-order chi connectivity index (χ1) is 11.6. The van der Waals surface area contributed by atoms with Crippen LogP contribution < -0.4 is 4.74 Å². The van der Waals surface area contributed by atoms with Gasteiger partial charge in [0.1, 0.15) is 5.75 Å². The molecule has 0 fully saturated rings. The predicted molar refractivity (Wildman–Crippen MR) is 95.4 cm³/mol. The number of para-hydroxylation sites is 2. The zero-order valence-electron chi connectivity index (χ0n) is 13.2. The van der Waals surface area contributed by atoms with Crippen LogP contribution in [0.15, 0.2) is 47.6 Å². The normalized spacial score (nSPS) is 10.9. The molecular formula is C18H17ClN2O3. The topological polar surface area (TPSA) is 63.8 Å². The fourth-order valence-corrected chi connectivity index (χ4v) is 3.04. The Balaban J connectivity index is 1.77. The van der Waals surface area contributed by atoms with E-state index in [2.05, 4.69) is 5.18 Å². The molecule has 0 unspecified atom stereocenters. The Bertz CT molecular complexity index is 889. The van der Waals surface area contributed by atoms with Crippen molar-refractivity contribution in [3.63, 3.8) is 0 Å². The number of nitroso groups, excluding NO2 is 1. The predicted octanol–water partition coefficient (Wildman–Crippen LogP) is 5.18. The minimum absolute atomic E-state index is 0.0207. The van der Waals surface area contributed by atoms with E-state index in [9.17, 15) is 10.0 Å². The van der Waals surface area contributed by atoms with E-state index >= 15 is 0 Å². The van der Waals surface area contributed by atoms with E-state index in [0.717, 1.165) is 11.3 Å². The van der Waals surface area contributed by atoms with Crippen LogP contribution in [0, 0.1) is 11.8 Å². The van der Waals surface area contributed by atoms with E-state index in [1.54, 1.807) is 22.8 Å². The van der Waals surface area contributed by atoms with Crippen LogP contribution in [0.4, 0.5) is 5.69 Å². The van der Waals surface area contributed by atoms with Gasteiger partial charge in [0.25, 0.3) is 0 Å². The number of aryl methyl sites for hydroxylation is 2. The second-order valence-corrected chi connectivity index (χ2v) is 5.93. The van der Waals surface area contributed by atoms with E-state index in [-0.39, 0.29) is 11.6 Å². The van der Waals surface area contributed by atoms with E-state index in [0.29, 0.717) is 35.5 Å². The summed E-state index contributed by atoms with van der Waals surface area (Å²) < 4.78 is 7.37. The third kappa shape index (κ3) is 2.95. The average molecular weight is 345 g/mol. The minimum Gasteiger partial charge on any atom is -0.493 e. The lowest BCUT2D eigenvalue weighted by Crippen LogP contribution is -2.05. The van der Waals surface area contributed by atoms with Crippen LogP contribution in [0.2, 0.25) is 5.02 Å². The maximum absolute atomic E-state index is 11.0. The highest BCUT2D eigenvalue weighted by atomic mass is 35.5. The second kappa shape index (κ2) is 6.93. The molecule has 5 nitrogen and oxygen atoms in total.